The minimum Gasteiger partial charge on any atom is -0.246 e. The lowest BCUT2D eigenvalue weighted by Gasteiger charge is -2.42. The molecule has 2 aliphatic rings. The highest BCUT2D eigenvalue weighted by Crippen LogP contribution is 2.48. The topological polar surface area (TPSA) is 0 Å². The van der Waals surface area contributed by atoms with Gasteiger partial charge in [0.1, 0.15) is 6.67 Å². The molecule has 2 fully saturated rings. The van der Waals surface area contributed by atoms with E-state index in [0.29, 0.717) is 5.92 Å². The third-order valence-electron chi connectivity index (χ3n) is 6.04. The Bertz CT molecular complexity index is 540. The van der Waals surface area contributed by atoms with E-state index < -0.39 is 18.3 Å². The van der Waals surface area contributed by atoms with E-state index in [9.17, 15) is 13.2 Å². The van der Waals surface area contributed by atoms with E-state index in [1.54, 1.807) is 6.07 Å². The molecule has 3 heteroatoms. The Morgan fingerprint density at radius 3 is 2.19 bits per heavy atom. The lowest BCUT2D eigenvalue weighted by Crippen LogP contribution is -2.30. The molecule has 0 aliphatic heterocycles. The first-order valence-corrected chi connectivity index (χ1v) is 10.2. The molecule has 1 aromatic carbocycles. The second-order valence-electron chi connectivity index (χ2n) is 7.23. The van der Waals surface area contributed by atoms with Crippen molar-refractivity contribution in [1.82, 2.24) is 0 Å². The first-order chi connectivity index (χ1) is 12.6. The average Bonchev–Trinajstić information content (AvgIpc) is 2.72. The average molecular weight is 369 g/mol. The first kappa shape index (κ1) is 22.8. The number of rotatable bonds is 3. The third-order valence-corrected chi connectivity index (χ3v) is 6.04. The fourth-order valence-electron chi connectivity index (χ4n) is 4.66. The van der Waals surface area contributed by atoms with Gasteiger partial charge in [0.15, 0.2) is 11.6 Å². The van der Waals surface area contributed by atoms with E-state index in [1.165, 1.54) is 38.2 Å². The van der Waals surface area contributed by atoms with E-state index in [4.69, 9.17) is 0 Å². The van der Waals surface area contributed by atoms with Crippen molar-refractivity contribution in [2.75, 3.05) is 0 Å². The summed E-state index contributed by atoms with van der Waals surface area (Å²) in [6.45, 7) is 11.3. The van der Waals surface area contributed by atoms with Crippen LogP contribution in [0.3, 0.4) is 0 Å². The predicted octanol–water partition coefficient (Wildman–Crippen LogP) is 7.97. The van der Waals surface area contributed by atoms with Crippen molar-refractivity contribution in [2.45, 2.75) is 78.3 Å². The number of halogens is 3. The van der Waals surface area contributed by atoms with Gasteiger partial charge in [-0.1, -0.05) is 33.6 Å². The van der Waals surface area contributed by atoms with E-state index in [-0.39, 0.29) is 11.5 Å². The van der Waals surface area contributed by atoms with Crippen molar-refractivity contribution < 1.29 is 13.2 Å². The highest BCUT2D eigenvalue weighted by Gasteiger charge is 2.35. The van der Waals surface area contributed by atoms with Gasteiger partial charge >= 0.3 is 0 Å². The van der Waals surface area contributed by atoms with Gasteiger partial charge in [-0.25, -0.2) is 13.2 Å². The molecule has 26 heavy (non-hydrogen) atoms. The Morgan fingerprint density at radius 1 is 0.962 bits per heavy atom. The van der Waals surface area contributed by atoms with Crippen LogP contribution >= 0.6 is 0 Å². The zero-order chi connectivity index (χ0) is 19.7. The predicted molar refractivity (Wildman–Crippen MR) is 105 cm³/mol. The van der Waals surface area contributed by atoms with Crippen LogP contribution in [-0.4, -0.2) is 0 Å². The Hall–Kier alpha value is -1.25. The molecule has 0 saturated heterocycles. The van der Waals surface area contributed by atoms with E-state index in [1.807, 2.05) is 13.8 Å². The van der Waals surface area contributed by atoms with Crippen LogP contribution in [0.2, 0.25) is 0 Å². The summed E-state index contributed by atoms with van der Waals surface area (Å²) in [6, 6.07) is 2.83. The molecule has 4 atom stereocenters. The second kappa shape index (κ2) is 11.5. The van der Waals surface area contributed by atoms with E-state index in [2.05, 4.69) is 20.1 Å². The van der Waals surface area contributed by atoms with Gasteiger partial charge in [0.2, 0.25) is 0 Å². The highest BCUT2D eigenvalue weighted by molar-refractivity contribution is 5.29. The number of hydrogen-bond acceptors (Lipinski definition) is 0. The summed E-state index contributed by atoms with van der Waals surface area (Å²) in [6.07, 6.45) is 8.43. The summed E-state index contributed by atoms with van der Waals surface area (Å²) in [5.74, 6) is 0.730. The van der Waals surface area contributed by atoms with Crippen molar-refractivity contribution in [2.24, 2.45) is 17.8 Å². The number of hydrogen-bond donors (Lipinski definition) is 0. The number of fused-ring (bicyclic) bond motifs is 1. The van der Waals surface area contributed by atoms with Gasteiger partial charge in [-0.05, 0) is 73.5 Å². The van der Waals surface area contributed by atoms with Gasteiger partial charge in [0.05, 0.1) is 0 Å². The monoisotopic (exact) mass is 368 g/mol. The fraction of sp³-hybridized carbons (Fsp3) is 0.652. The zero-order valence-corrected chi connectivity index (χ0v) is 16.7. The minimum absolute atomic E-state index is 0.133. The van der Waals surface area contributed by atoms with Crippen molar-refractivity contribution in [3.05, 3.63) is 48.1 Å². The normalized spacial score (nSPS) is 27.3. The number of benzene rings is 1. The summed E-state index contributed by atoms with van der Waals surface area (Å²) in [5, 5.41) is 0. The molecule has 0 aromatic heterocycles. The molecule has 2 saturated carbocycles. The standard InChI is InChI=1S/C19H25F3.C2H6.C2H4/c1-2-12-3-4-14-8-15(6-5-13(14)7-12)16-9-17(11-20)19(22)18(21)10-16;2*1-2/h9-10,12-15H,2-8,11H2,1H3;1-2H3;1-2H2. The molecule has 0 heterocycles. The molecule has 0 nitrogen and oxygen atoms in total. The lowest BCUT2D eigenvalue weighted by molar-refractivity contribution is 0.116. The van der Waals surface area contributed by atoms with E-state index >= 15 is 0 Å². The second-order valence-corrected chi connectivity index (χ2v) is 7.23. The van der Waals surface area contributed by atoms with Gasteiger partial charge in [0, 0.05) is 5.56 Å². The summed E-state index contributed by atoms with van der Waals surface area (Å²) in [5.41, 5.74) is 0.662. The fourth-order valence-corrected chi connectivity index (χ4v) is 4.66. The molecule has 3 rings (SSSR count). The van der Waals surface area contributed by atoms with Crippen molar-refractivity contribution in [3.8, 4) is 0 Å². The van der Waals surface area contributed by atoms with Gasteiger partial charge < -0.3 is 0 Å². The Morgan fingerprint density at radius 2 is 1.58 bits per heavy atom. The minimum atomic E-state index is -1.02. The molecule has 0 radical (unpaired) electrons. The van der Waals surface area contributed by atoms with Crippen LogP contribution in [0.4, 0.5) is 13.2 Å². The smallest absolute Gasteiger partial charge is 0.164 e. The van der Waals surface area contributed by atoms with E-state index in [0.717, 1.165) is 30.2 Å². The van der Waals surface area contributed by atoms with Crippen LogP contribution in [0.1, 0.15) is 82.8 Å². The number of alkyl halides is 1. The Balaban J connectivity index is 0.000000791. The summed E-state index contributed by atoms with van der Waals surface area (Å²) < 4.78 is 40.0. The van der Waals surface area contributed by atoms with Crippen LogP contribution < -0.4 is 0 Å². The summed E-state index contributed by atoms with van der Waals surface area (Å²) >= 11 is 0. The van der Waals surface area contributed by atoms with Gasteiger partial charge in [-0.2, -0.15) is 0 Å². The maximum atomic E-state index is 13.7. The van der Waals surface area contributed by atoms with Crippen LogP contribution in [0, 0.1) is 29.4 Å². The largest absolute Gasteiger partial charge is 0.246 e. The molecule has 2 aliphatic carbocycles. The van der Waals surface area contributed by atoms with Gasteiger partial charge in [0.25, 0.3) is 0 Å². The zero-order valence-electron chi connectivity index (χ0n) is 16.7. The third kappa shape index (κ3) is 5.37. The molecule has 4 unspecified atom stereocenters. The lowest BCUT2D eigenvalue weighted by atomic mass is 9.63. The molecule has 148 valence electrons. The Kier molecular flexibility index (Phi) is 10.0. The molecule has 0 bridgehead atoms. The van der Waals surface area contributed by atoms with Crippen LogP contribution in [-0.2, 0) is 6.67 Å². The SMILES string of the molecule is C=C.CC.CCC1CCC2CC(c3cc(F)c(F)c(CF)c3)CCC2C1. The first-order valence-electron chi connectivity index (χ1n) is 10.2. The highest BCUT2D eigenvalue weighted by atomic mass is 19.2. The van der Waals surface area contributed by atoms with Gasteiger partial charge in [-0.15, -0.1) is 13.2 Å². The van der Waals surface area contributed by atoms with Crippen molar-refractivity contribution >= 4 is 0 Å². The van der Waals surface area contributed by atoms with Crippen LogP contribution in [0.15, 0.2) is 25.3 Å². The van der Waals surface area contributed by atoms with Crippen molar-refractivity contribution in [3.63, 3.8) is 0 Å². The Labute approximate surface area is 157 Å². The molecular formula is C23H35F3. The van der Waals surface area contributed by atoms with Crippen LogP contribution in [0.5, 0.6) is 0 Å². The maximum Gasteiger partial charge on any atom is 0.164 e. The molecule has 0 spiro atoms. The maximum absolute atomic E-state index is 13.7. The molecule has 0 amide bonds. The summed E-state index contributed by atoms with van der Waals surface area (Å²) in [7, 11) is 0. The molecule has 0 N–H and O–H groups in total. The van der Waals surface area contributed by atoms with Gasteiger partial charge in [-0.3, -0.25) is 0 Å². The molecular weight excluding hydrogens is 333 g/mol. The van der Waals surface area contributed by atoms with Crippen LogP contribution in [0.25, 0.3) is 0 Å². The summed E-state index contributed by atoms with van der Waals surface area (Å²) in [4.78, 5) is 0. The van der Waals surface area contributed by atoms with Crippen molar-refractivity contribution in [1.29, 1.82) is 0 Å². The quantitative estimate of drug-likeness (QED) is 0.474. The molecule has 1 aromatic rings.